The van der Waals surface area contributed by atoms with Crippen LogP contribution in [0.2, 0.25) is 10.0 Å². The number of halogens is 2. The van der Waals surface area contributed by atoms with E-state index in [-0.39, 0.29) is 11.5 Å². The number of hydrogen-bond acceptors (Lipinski definition) is 5. The molecule has 0 atom stereocenters. The minimum atomic E-state index is -0.0521. The molecule has 0 N–H and O–H groups in total. The average Bonchev–Trinajstić information content (AvgIpc) is 3.02. The SMILES string of the molecule is O=C(CSc1nnc(-c2ccc(Cl)cc2)o1)c1cccc(Cl)c1. The van der Waals surface area contributed by atoms with Crippen LogP contribution in [0.4, 0.5) is 0 Å². The fourth-order valence-electron chi connectivity index (χ4n) is 1.85. The number of nitrogens with zero attached hydrogens (tertiary/aromatic N) is 2. The van der Waals surface area contributed by atoms with E-state index < -0.39 is 0 Å². The van der Waals surface area contributed by atoms with E-state index in [1.54, 1.807) is 48.5 Å². The minimum Gasteiger partial charge on any atom is -0.411 e. The standard InChI is InChI=1S/C16H10Cl2N2O2S/c17-12-6-4-10(5-7-12)15-19-20-16(22-15)23-9-14(21)11-2-1-3-13(18)8-11/h1-8H,9H2. The predicted molar refractivity (Wildman–Crippen MR) is 91.3 cm³/mol. The fraction of sp³-hybridized carbons (Fsp3) is 0.0625. The van der Waals surface area contributed by atoms with Gasteiger partial charge in [-0.1, -0.05) is 47.1 Å². The smallest absolute Gasteiger partial charge is 0.277 e. The molecule has 0 fully saturated rings. The van der Waals surface area contributed by atoms with Gasteiger partial charge in [0.05, 0.1) is 5.75 Å². The van der Waals surface area contributed by atoms with Crippen molar-refractivity contribution in [3.05, 3.63) is 64.1 Å². The lowest BCUT2D eigenvalue weighted by molar-refractivity contribution is 0.102. The summed E-state index contributed by atoms with van der Waals surface area (Å²) in [4.78, 5) is 12.1. The summed E-state index contributed by atoms with van der Waals surface area (Å²) in [5, 5.41) is 9.40. The largest absolute Gasteiger partial charge is 0.411 e. The highest BCUT2D eigenvalue weighted by Crippen LogP contribution is 2.25. The van der Waals surface area contributed by atoms with Crippen LogP contribution in [0.25, 0.3) is 11.5 Å². The second kappa shape index (κ2) is 7.17. The van der Waals surface area contributed by atoms with Gasteiger partial charge in [-0.25, -0.2) is 0 Å². The van der Waals surface area contributed by atoms with Gasteiger partial charge in [0.15, 0.2) is 5.78 Å². The normalized spacial score (nSPS) is 10.7. The molecule has 0 bridgehead atoms. The molecule has 23 heavy (non-hydrogen) atoms. The highest BCUT2D eigenvalue weighted by Gasteiger charge is 2.12. The van der Waals surface area contributed by atoms with Gasteiger partial charge in [0, 0.05) is 21.2 Å². The van der Waals surface area contributed by atoms with Gasteiger partial charge in [0.1, 0.15) is 0 Å². The summed E-state index contributed by atoms with van der Waals surface area (Å²) in [6, 6.07) is 13.9. The van der Waals surface area contributed by atoms with Gasteiger partial charge < -0.3 is 4.42 Å². The third-order valence-electron chi connectivity index (χ3n) is 2.97. The van der Waals surface area contributed by atoms with Crippen molar-refractivity contribution < 1.29 is 9.21 Å². The minimum absolute atomic E-state index is 0.0521. The molecule has 0 aliphatic rings. The highest BCUT2D eigenvalue weighted by atomic mass is 35.5. The van der Waals surface area contributed by atoms with E-state index in [0.29, 0.717) is 26.7 Å². The Kier molecular flexibility index (Phi) is 5.00. The molecule has 116 valence electrons. The maximum atomic E-state index is 12.1. The van der Waals surface area contributed by atoms with Crippen LogP contribution in [0.5, 0.6) is 0 Å². The number of rotatable bonds is 5. The van der Waals surface area contributed by atoms with Gasteiger partial charge >= 0.3 is 0 Å². The van der Waals surface area contributed by atoms with Crippen LogP contribution >= 0.6 is 35.0 Å². The van der Waals surface area contributed by atoms with E-state index in [1.165, 1.54) is 11.8 Å². The molecule has 0 saturated carbocycles. The number of thioether (sulfide) groups is 1. The number of benzene rings is 2. The first-order valence-electron chi connectivity index (χ1n) is 6.63. The Morgan fingerprint density at radius 3 is 2.57 bits per heavy atom. The number of carbonyl (C=O) groups excluding carboxylic acids is 1. The maximum absolute atomic E-state index is 12.1. The summed E-state index contributed by atoms with van der Waals surface area (Å²) in [6.07, 6.45) is 0. The molecule has 7 heteroatoms. The molecule has 2 aromatic carbocycles. The Bertz CT molecular complexity index is 834. The molecule has 3 rings (SSSR count). The molecule has 3 aromatic rings. The monoisotopic (exact) mass is 364 g/mol. The van der Waals surface area contributed by atoms with Gasteiger partial charge in [-0.2, -0.15) is 0 Å². The Hall–Kier alpha value is -1.82. The number of Topliss-reactive ketones (excluding diaryl/α,β-unsaturated/α-hetero) is 1. The van der Waals surface area contributed by atoms with Crippen LogP contribution in [0.3, 0.4) is 0 Å². The van der Waals surface area contributed by atoms with E-state index in [4.69, 9.17) is 27.6 Å². The number of aromatic nitrogens is 2. The second-order valence-corrected chi connectivity index (χ2v) is 6.40. The van der Waals surface area contributed by atoms with Crippen LogP contribution in [0, 0.1) is 0 Å². The first-order chi connectivity index (χ1) is 11.1. The van der Waals surface area contributed by atoms with Crippen LogP contribution in [-0.2, 0) is 0 Å². The van der Waals surface area contributed by atoms with Crippen LogP contribution < -0.4 is 0 Å². The topological polar surface area (TPSA) is 56.0 Å². The average molecular weight is 365 g/mol. The summed E-state index contributed by atoms with van der Waals surface area (Å²) in [5.41, 5.74) is 1.33. The fourth-order valence-corrected chi connectivity index (χ4v) is 2.82. The van der Waals surface area contributed by atoms with E-state index in [2.05, 4.69) is 10.2 Å². The van der Waals surface area contributed by atoms with Gasteiger partial charge in [0.25, 0.3) is 5.22 Å². The molecule has 0 saturated heterocycles. The zero-order valence-electron chi connectivity index (χ0n) is 11.7. The third kappa shape index (κ3) is 4.13. The van der Waals surface area contributed by atoms with Crippen molar-refractivity contribution in [1.82, 2.24) is 10.2 Å². The van der Waals surface area contributed by atoms with E-state index in [1.807, 2.05) is 0 Å². The van der Waals surface area contributed by atoms with Crippen LogP contribution in [0.15, 0.2) is 58.2 Å². The Morgan fingerprint density at radius 2 is 1.83 bits per heavy atom. The molecular weight excluding hydrogens is 355 g/mol. The van der Waals surface area contributed by atoms with E-state index >= 15 is 0 Å². The molecular formula is C16H10Cl2N2O2S. The summed E-state index contributed by atoms with van der Waals surface area (Å²) >= 11 is 12.9. The van der Waals surface area contributed by atoms with Crippen molar-refractivity contribution in [3.8, 4) is 11.5 Å². The van der Waals surface area contributed by atoms with Gasteiger partial charge in [-0.3, -0.25) is 4.79 Å². The Labute approximate surface area is 146 Å². The van der Waals surface area contributed by atoms with Crippen molar-refractivity contribution in [1.29, 1.82) is 0 Å². The van der Waals surface area contributed by atoms with Crippen molar-refractivity contribution in [3.63, 3.8) is 0 Å². The zero-order valence-corrected chi connectivity index (χ0v) is 14.0. The summed E-state index contributed by atoms with van der Waals surface area (Å²) in [7, 11) is 0. The first kappa shape index (κ1) is 16.1. The van der Waals surface area contributed by atoms with Gasteiger partial charge in [-0.05, 0) is 36.4 Å². The maximum Gasteiger partial charge on any atom is 0.277 e. The molecule has 0 amide bonds. The van der Waals surface area contributed by atoms with Gasteiger partial charge in [0.2, 0.25) is 5.89 Å². The van der Waals surface area contributed by atoms with Crippen molar-refractivity contribution in [2.75, 3.05) is 5.75 Å². The molecule has 1 aromatic heterocycles. The molecule has 0 spiro atoms. The summed E-state index contributed by atoms with van der Waals surface area (Å²) in [5.74, 6) is 0.533. The molecule has 0 radical (unpaired) electrons. The van der Waals surface area contributed by atoms with E-state index in [9.17, 15) is 4.79 Å². The molecule has 0 unspecified atom stereocenters. The summed E-state index contributed by atoms with van der Waals surface area (Å²) < 4.78 is 5.54. The Morgan fingerprint density at radius 1 is 1.04 bits per heavy atom. The highest BCUT2D eigenvalue weighted by molar-refractivity contribution is 7.99. The van der Waals surface area contributed by atoms with E-state index in [0.717, 1.165) is 5.56 Å². The third-order valence-corrected chi connectivity index (χ3v) is 4.28. The summed E-state index contributed by atoms with van der Waals surface area (Å²) in [6.45, 7) is 0. The molecule has 0 aliphatic carbocycles. The van der Waals surface area contributed by atoms with Crippen molar-refractivity contribution in [2.24, 2.45) is 0 Å². The predicted octanol–water partition coefficient (Wildman–Crippen LogP) is 5.02. The molecule has 4 nitrogen and oxygen atoms in total. The lowest BCUT2D eigenvalue weighted by Gasteiger charge is -1.99. The first-order valence-corrected chi connectivity index (χ1v) is 8.37. The Balaban J connectivity index is 1.65. The van der Waals surface area contributed by atoms with Crippen molar-refractivity contribution >= 4 is 40.7 Å². The molecule has 1 heterocycles. The van der Waals surface area contributed by atoms with Crippen molar-refractivity contribution in [2.45, 2.75) is 5.22 Å². The van der Waals surface area contributed by atoms with Crippen LogP contribution in [-0.4, -0.2) is 21.7 Å². The number of carbonyl (C=O) groups is 1. The lowest BCUT2D eigenvalue weighted by atomic mass is 10.1. The van der Waals surface area contributed by atoms with Gasteiger partial charge in [-0.15, -0.1) is 10.2 Å². The number of ketones is 1. The van der Waals surface area contributed by atoms with Crippen LogP contribution in [0.1, 0.15) is 10.4 Å². The number of hydrogen-bond donors (Lipinski definition) is 0. The molecule has 0 aliphatic heterocycles. The quantitative estimate of drug-likeness (QED) is 0.469. The zero-order chi connectivity index (χ0) is 16.2. The lowest BCUT2D eigenvalue weighted by Crippen LogP contribution is -2.01. The second-order valence-electron chi connectivity index (χ2n) is 4.60.